The van der Waals surface area contributed by atoms with Gasteiger partial charge in [0.15, 0.2) is 0 Å². The number of rotatable bonds is 1. The largest absolute Gasteiger partial charge is 0.288 e. The number of hydrogen-bond acceptors (Lipinski definition) is 2. The fourth-order valence-corrected chi connectivity index (χ4v) is 2.17. The second kappa shape index (κ2) is 4.29. The highest BCUT2D eigenvalue weighted by atomic mass is 35.5. The maximum atomic E-state index is 11.4. The molecular formula is C11H7Cl2NO2. The predicted molar refractivity (Wildman–Crippen MR) is 63.2 cm³/mol. The first-order valence-electron chi connectivity index (χ1n) is 4.46. The fourth-order valence-electron chi connectivity index (χ4n) is 1.58. The Labute approximate surface area is 102 Å². The number of nitrogens with one attached hydrogen (secondary N) is 1. The van der Waals surface area contributed by atoms with Gasteiger partial charge in [-0.2, -0.15) is 0 Å². The Balaban J connectivity index is 2.84. The zero-order valence-electron chi connectivity index (χ0n) is 8.00. The number of hydrogen-bond donors (Lipinski definition) is 2. The highest BCUT2D eigenvalue weighted by Crippen LogP contribution is 2.32. The number of amides is 1. The van der Waals surface area contributed by atoms with E-state index in [0.717, 1.165) is 0 Å². The van der Waals surface area contributed by atoms with Crippen molar-refractivity contribution in [2.45, 2.75) is 0 Å². The van der Waals surface area contributed by atoms with Crippen LogP contribution in [0.25, 0.3) is 10.8 Å². The minimum Gasteiger partial charge on any atom is -0.288 e. The molecule has 0 aromatic heterocycles. The van der Waals surface area contributed by atoms with E-state index in [4.69, 9.17) is 28.4 Å². The molecule has 1 amide bonds. The fraction of sp³-hybridized carbons (Fsp3) is 0. The molecule has 0 heterocycles. The molecule has 0 aliphatic heterocycles. The van der Waals surface area contributed by atoms with E-state index in [1.165, 1.54) is 6.07 Å². The van der Waals surface area contributed by atoms with E-state index >= 15 is 0 Å². The molecule has 0 aliphatic carbocycles. The molecule has 0 aliphatic rings. The number of hydroxylamine groups is 1. The van der Waals surface area contributed by atoms with E-state index in [9.17, 15) is 4.79 Å². The number of halogens is 2. The summed E-state index contributed by atoms with van der Waals surface area (Å²) in [5.41, 5.74) is 1.91. The third kappa shape index (κ3) is 1.73. The summed E-state index contributed by atoms with van der Waals surface area (Å²) in [4.78, 5) is 11.4. The third-order valence-electron chi connectivity index (χ3n) is 2.29. The predicted octanol–water partition coefficient (Wildman–Crippen LogP) is 3.27. The topological polar surface area (TPSA) is 49.3 Å². The molecule has 0 spiro atoms. The van der Waals surface area contributed by atoms with Crippen LogP contribution in [0.1, 0.15) is 10.4 Å². The Morgan fingerprint density at radius 1 is 1.12 bits per heavy atom. The van der Waals surface area contributed by atoms with Crippen molar-refractivity contribution in [3.8, 4) is 0 Å². The van der Waals surface area contributed by atoms with Crippen molar-refractivity contribution >= 4 is 39.9 Å². The lowest BCUT2D eigenvalue weighted by molar-refractivity contribution is 0.0708. The maximum Gasteiger partial charge on any atom is 0.275 e. The molecule has 0 radical (unpaired) electrons. The van der Waals surface area contributed by atoms with Crippen LogP contribution in [-0.4, -0.2) is 11.1 Å². The zero-order valence-corrected chi connectivity index (χ0v) is 9.51. The van der Waals surface area contributed by atoms with Crippen molar-refractivity contribution in [2.24, 2.45) is 0 Å². The molecular weight excluding hydrogens is 249 g/mol. The van der Waals surface area contributed by atoms with Gasteiger partial charge in [-0.3, -0.25) is 10.0 Å². The second-order valence-electron chi connectivity index (χ2n) is 3.20. The van der Waals surface area contributed by atoms with Crippen LogP contribution in [0.4, 0.5) is 0 Å². The molecule has 0 atom stereocenters. The lowest BCUT2D eigenvalue weighted by Gasteiger charge is -2.07. The van der Waals surface area contributed by atoms with Gasteiger partial charge in [0.1, 0.15) is 0 Å². The molecule has 3 nitrogen and oxygen atoms in total. The van der Waals surface area contributed by atoms with Gasteiger partial charge in [0, 0.05) is 21.0 Å². The summed E-state index contributed by atoms with van der Waals surface area (Å²) in [5, 5.41) is 10.8. The average molecular weight is 256 g/mol. The lowest BCUT2D eigenvalue weighted by atomic mass is 10.0. The van der Waals surface area contributed by atoms with E-state index in [1.54, 1.807) is 29.7 Å². The summed E-state index contributed by atoms with van der Waals surface area (Å²) in [6.07, 6.45) is 0. The summed E-state index contributed by atoms with van der Waals surface area (Å²) in [6, 6.07) is 8.23. The molecule has 0 bridgehead atoms. The van der Waals surface area contributed by atoms with Crippen LogP contribution >= 0.6 is 23.2 Å². The average Bonchev–Trinajstić information content (AvgIpc) is 2.28. The van der Waals surface area contributed by atoms with Gasteiger partial charge in [0.05, 0.1) is 0 Å². The van der Waals surface area contributed by atoms with Crippen LogP contribution in [0.2, 0.25) is 10.0 Å². The van der Waals surface area contributed by atoms with Gasteiger partial charge in [-0.1, -0.05) is 35.3 Å². The van der Waals surface area contributed by atoms with Gasteiger partial charge in [0.25, 0.3) is 5.91 Å². The summed E-state index contributed by atoms with van der Waals surface area (Å²) in [6.45, 7) is 0. The van der Waals surface area contributed by atoms with Crippen molar-refractivity contribution < 1.29 is 10.0 Å². The highest BCUT2D eigenvalue weighted by molar-refractivity contribution is 6.42. The minimum absolute atomic E-state index is 0.324. The quantitative estimate of drug-likeness (QED) is 0.607. The monoisotopic (exact) mass is 255 g/mol. The van der Waals surface area contributed by atoms with E-state index in [-0.39, 0.29) is 0 Å². The maximum absolute atomic E-state index is 11.4. The first-order chi connectivity index (χ1) is 7.65. The van der Waals surface area contributed by atoms with Crippen LogP contribution in [0.3, 0.4) is 0 Å². The number of benzene rings is 2. The Morgan fingerprint density at radius 2 is 1.81 bits per heavy atom. The standard InChI is InChI=1S/C11H7Cl2NO2/c12-8-3-1-2-6-7(11(15)14-16)4-5-9(13)10(6)8/h1-5,16H,(H,14,15). The Bertz CT molecular complexity index is 561. The molecule has 82 valence electrons. The number of fused-ring (bicyclic) bond motifs is 1. The van der Waals surface area contributed by atoms with E-state index in [0.29, 0.717) is 26.4 Å². The minimum atomic E-state index is -0.594. The van der Waals surface area contributed by atoms with Gasteiger partial charge < -0.3 is 0 Å². The van der Waals surface area contributed by atoms with Gasteiger partial charge in [-0.15, -0.1) is 0 Å². The van der Waals surface area contributed by atoms with E-state index in [1.807, 2.05) is 0 Å². The number of carbonyl (C=O) groups excluding carboxylic acids is 1. The lowest BCUT2D eigenvalue weighted by Crippen LogP contribution is -2.18. The van der Waals surface area contributed by atoms with Crippen molar-refractivity contribution in [3.05, 3.63) is 45.9 Å². The summed E-state index contributed by atoms with van der Waals surface area (Å²) >= 11 is 12.0. The SMILES string of the molecule is O=C(NO)c1ccc(Cl)c2c(Cl)cccc12. The molecule has 0 fully saturated rings. The molecule has 2 aromatic carbocycles. The van der Waals surface area contributed by atoms with Crippen molar-refractivity contribution in [1.29, 1.82) is 0 Å². The summed E-state index contributed by atoms with van der Waals surface area (Å²) in [5.74, 6) is -0.594. The molecule has 5 heteroatoms. The molecule has 2 rings (SSSR count). The molecule has 0 saturated heterocycles. The Morgan fingerprint density at radius 3 is 2.50 bits per heavy atom. The van der Waals surface area contributed by atoms with Gasteiger partial charge in [0.2, 0.25) is 0 Å². The van der Waals surface area contributed by atoms with Crippen molar-refractivity contribution in [3.63, 3.8) is 0 Å². The molecule has 2 N–H and O–H groups in total. The first-order valence-corrected chi connectivity index (χ1v) is 5.22. The summed E-state index contributed by atoms with van der Waals surface area (Å²) < 4.78 is 0. The first kappa shape index (κ1) is 11.2. The molecule has 16 heavy (non-hydrogen) atoms. The smallest absolute Gasteiger partial charge is 0.275 e. The van der Waals surface area contributed by atoms with Crippen LogP contribution in [0.15, 0.2) is 30.3 Å². The third-order valence-corrected chi connectivity index (χ3v) is 2.92. The Kier molecular flexibility index (Phi) is 3.01. The van der Waals surface area contributed by atoms with Gasteiger partial charge in [-0.05, 0) is 23.6 Å². The van der Waals surface area contributed by atoms with Crippen molar-refractivity contribution in [2.75, 3.05) is 0 Å². The Hall–Kier alpha value is -1.29. The van der Waals surface area contributed by atoms with Gasteiger partial charge >= 0.3 is 0 Å². The van der Waals surface area contributed by atoms with Crippen LogP contribution < -0.4 is 5.48 Å². The molecule has 0 saturated carbocycles. The summed E-state index contributed by atoms with van der Waals surface area (Å²) in [7, 11) is 0. The number of carbonyl (C=O) groups is 1. The zero-order chi connectivity index (χ0) is 11.7. The molecule has 0 unspecified atom stereocenters. The van der Waals surface area contributed by atoms with E-state index < -0.39 is 5.91 Å². The van der Waals surface area contributed by atoms with Crippen LogP contribution in [0.5, 0.6) is 0 Å². The van der Waals surface area contributed by atoms with Crippen molar-refractivity contribution in [1.82, 2.24) is 5.48 Å². The molecule has 2 aromatic rings. The van der Waals surface area contributed by atoms with Crippen LogP contribution in [0, 0.1) is 0 Å². The van der Waals surface area contributed by atoms with E-state index in [2.05, 4.69) is 0 Å². The second-order valence-corrected chi connectivity index (χ2v) is 4.01. The van der Waals surface area contributed by atoms with Gasteiger partial charge in [-0.25, -0.2) is 5.48 Å². The normalized spacial score (nSPS) is 10.4. The highest BCUT2D eigenvalue weighted by Gasteiger charge is 2.12. The van der Waals surface area contributed by atoms with Crippen LogP contribution in [-0.2, 0) is 0 Å².